The standard InChI is InChI=1S/C13H23NO3/c1-3-5-8-14(4-2)12(15)10-6-7-11(9-10)13(16)17/h10-11H,3-9H2,1-2H3,(H,16,17). The van der Waals surface area contributed by atoms with E-state index >= 15 is 0 Å². The smallest absolute Gasteiger partial charge is 0.306 e. The maximum absolute atomic E-state index is 12.2. The molecule has 0 aromatic rings. The highest BCUT2D eigenvalue weighted by atomic mass is 16.4. The highest BCUT2D eigenvalue weighted by molar-refractivity contribution is 5.81. The van der Waals surface area contributed by atoms with Crippen LogP contribution in [-0.4, -0.2) is 35.0 Å². The Hall–Kier alpha value is -1.06. The highest BCUT2D eigenvalue weighted by Gasteiger charge is 2.35. The lowest BCUT2D eigenvalue weighted by Gasteiger charge is -2.24. The van der Waals surface area contributed by atoms with Gasteiger partial charge in [-0.2, -0.15) is 0 Å². The van der Waals surface area contributed by atoms with Gasteiger partial charge < -0.3 is 10.0 Å². The van der Waals surface area contributed by atoms with Crippen molar-refractivity contribution in [2.45, 2.75) is 46.0 Å². The Bertz CT molecular complexity index is 278. The average molecular weight is 241 g/mol. The van der Waals surface area contributed by atoms with Crippen LogP contribution in [0.2, 0.25) is 0 Å². The molecule has 17 heavy (non-hydrogen) atoms. The zero-order valence-corrected chi connectivity index (χ0v) is 10.8. The number of carbonyl (C=O) groups excluding carboxylic acids is 1. The minimum Gasteiger partial charge on any atom is -0.481 e. The molecule has 0 bridgehead atoms. The summed E-state index contributed by atoms with van der Waals surface area (Å²) in [5.41, 5.74) is 0. The van der Waals surface area contributed by atoms with Gasteiger partial charge >= 0.3 is 5.97 Å². The molecular formula is C13H23NO3. The van der Waals surface area contributed by atoms with Crippen molar-refractivity contribution in [3.8, 4) is 0 Å². The minimum atomic E-state index is -0.753. The van der Waals surface area contributed by atoms with Crippen molar-refractivity contribution in [3.63, 3.8) is 0 Å². The van der Waals surface area contributed by atoms with Gasteiger partial charge in [-0.3, -0.25) is 9.59 Å². The Labute approximate surface area is 103 Å². The Kier molecular flexibility index (Phi) is 5.45. The summed E-state index contributed by atoms with van der Waals surface area (Å²) >= 11 is 0. The quantitative estimate of drug-likeness (QED) is 0.775. The Balaban J connectivity index is 2.49. The number of carboxylic acid groups (broad SMARTS) is 1. The van der Waals surface area contributed by atoms with Crippen molar-refractivity contribution in [1.29, 1.82) is 0 Å². The van der Waals surface area contributed by atoms with E-state index in [9.17, 15) is 9.59 Å². The van der Waals surface area contributed by atoms with E-state index in [4.69, 9.17) is 5.11 Å². The molecule has 0 aromatic heterocycles. The summed E-state index contributed by atoms with van der Waals surface area (Å²) < 4.78 is 0. The van der Waals surface area contributed by atoms with Crippen LogP contribution in [-0.2, 0) is 9.59 Å². The number of nitrogens with zero attached hydrogens (tertiary/aromatic N) is 1. The zero-order valence-electron chi connectivity index (χ0n) is 10.8. The first kappa shape index (κ1) is 14.0. The molecule has 1 saturated carbocycles. The van der Waals surface area contributed by atoms with Gasteiger partial charge in [-0.25, -0.2) is 0 Å². The second kappa shape index (κ2) is 6.62. The largest absolute Gasteiger partial charge is 0.481 e. The first-order valence-corrected chi connectivity index (χ1v) is 6.61. The monoisotopic (exact) mass is 241 g/mol. The molecular weight excluding hydrogens is 218 g/mol. The SMILES string of the molecule is CCCCN(CC)C(=O)C1CCC(C(=O)O)C1. The molecule has 1 rings (SSSR count). The molecule has 98 valence electrons. The summed E-state index contributed by atoms with van der Waals surface area (Å²) in [7, 11) is 0. The molecule has 0 radical (unpaired) electrons. The second-order valence-corrected chi connectivity index (χ2v) is 4.82. The van der Waals surface area contributed by atoms with Gasteiger partial charge in [-0.05, 0) is 32.6 Å². The molecule has 0 aromatic carbocycles. The molecule has 0 spiro atoms. The molecule has 4 nitrogen and oxygen atoms in total. The molecule has 1 aliphatic rings. The number of carboxylic acids is 1. The Morgan fingerprint density at radius 3 is 2.35 bits per heavy atom. The fourth-order valence-electron chi connectivity index (χ4n) is 2.46. The number of rotatable bonds is 6. The predicted octanol–water partition coefficient (Wildman–Crippen LogP) is 2.14. The summed E-state index contributed by atoms with van der Waals surface area (Å²) in [4.78, 5) is 24.9. The van der Waals surface area contributed by atoms with E-state index < -0.39 is 5.97 Å². The second-order valence-electron chi connectivity index (χ2n) is 4.82. The first-order valence-electron chi connectivity index (χ1n) is 6.61. The fraction of sp³-hybridized carbons (Fsp3) is 0.846. The molecule has 2 atom stereocenters. The maximum atomic E-state index is 12.2. The zero-order chi connectivity index (χ0) is 12.8. The molecule has 4 heteroatoms. The molecule has 1 N–H and O–H groups in total. The topological polar surface area (TPSA) is 57.6 Å². The van der Waals surface area contributed by atoms with Gasteiger partial charge in [0, 0.05) is 19.0 Å². The number of amides is 1. The third kappa shape index (κ3) is 3.72. The third-order valence-corrected chi connectivity index (χ3v) is 3.61. The number of unbranched alkanes of at least 4 members (excludes halogenated alkanes) is 1. The maximum Gasteiger partial charge on any atom is 0.306 e. The normalized spacial score (nSPS) is 23.6. The number of hydrogen-bond acceptors (Lipinski definition) is 2. The van der Waals surface area contributed by atoms with Gasteiger partial charge in [-0.1, -0.05) is 13.3 Å². The van der Waals surface area contributed by atoms with E-state index in [0.29, 0.717) is 12.8 Å². The molecule has 0 saturated heterocycles. The highest BCUT2D eigenvalue weighted by Crippen LogP contribution is 2.32. The van der Waals surface area contributed by atoms with E-state index in [1.54, 1.807) is 0 Å². The minimum absolute atomic E-state index is 0.0621. The van der Waals surface area contributed by atoms with Crippen molar-refractivity contribution in [2.75, 3.05) is 13.1 Å². The summed E-state index contributed by atoms with van der Waals surface area (Å²) in [6.07, 6.45) is 4.01. The lowest BCUT2D eigenvalue weighted by Crippen LogP contribution is -2.36. The van der Waals surface area contributed by atoms with Crippen LogP contribution in [0.1, 0.15) is 46.0 Å². The van der Waals surface area contributed by atoms with Gasteiger partial charge in [0.1, 0.15) is 0 Å². The van der Waals surface area contributed by atoms with Crippen LogP contribution in [0.5, 0.6) is 0 Å². The predicted molar refractivity (Wildman–Crippen MR) is 65.6 cm³/mol. The number of carbonyl (C=O) groups is 2. The summed E-state index contributed by atoms with van der Waals surface area (Å²) in [6.45, 7) is 5.62. The third-order valence-electron chi connectivity index (χ3n) is 3.61. The lowest BCUT2D eigenvalue weighted by atomic mass is 10.0. The van der Waals surface area contributed by atoms with Crippen LogP contribution < -0.4 is 0 Å². The van der Waals surface area contributed by atoms with Gasteiger partial charge in [0.2, 0.25) is 5.91 Å². The molecule has 0 aliphatic heterocycles. The van der Waals surface area contributed by atoms with E-state index in [0.717, 1.165) is 32.4 Å². The molecule has 2 unspecified atom stereocenters. The molecule has 1 aliphatic carbocycles. The van der Waals surface area contributed by atoms with Crippen molar-refractivity contribution in [1.82, 2.24) is 4.90 Å². The van der Waals surface area contributed by atoms with Crippen molar-refractivity contribution < 1.29 is 14.7 Å². The van der Waals surface area contributed by atoms with E-state index in [1.807, 2.05) is 11.8 Å². The van der Waals surface area contributed by atoms with Crippen LogP contribution in [0.3, 0.4) is 0 Å². The summed E-state index contributed by atoms with van der Waals surface area (Å²) in [6, 6.07) is 0. The lowest BCUT2D eigenvalue weighted by molar-refractivity contribution is -0.141. The summed E-state index contributed by atoms with van der Waals surface area (Å²) in [5.74, 6) is -0.969. The van der Waals surface area contributed by atoms with E-state index in [-0.39, 0.29) is 17.7 Å². The fourth-order valence-corrected chi connectivity index (χ4v) is 2.46. The van der Waals surface area contributed by atoms with Crippen LogP contribution in [0, 0.1) is 11.8 Å². The number of hydrogen-bond donors (Lipinski definition) is 1. The van der Waals surface area contributed by atoms with Crippen molar-refractivity contribution in [2.24, 2.45) is 11.8 Å². The van der Waals surface area contributed by atoms with Gasteiger partial charge in [0.05, 0.1) is 5.92 Å². The number of aliphatic carboxylic acids is 1. The Morgan fingerprint density at radius 2 is 1.88 bits per heavy atom. The van der Waals surface area contributed by atoms with Crippen LogP contribution in [0.25, 0.3) is 0 Å². The average Bonchev–Trinajstić information content (AvgIpc) is 2.79. The van der Waals surface area contributed by atoms with E-state index in [2.05, 4.69) is 6.92 Å². The van der Waals surface area contributed by atoms with Crippen LogP contribution in [0.15, 0.2) is 0 Å². The molecule has 0 heterocycles. The van der Waals surface area contributed by atoms with Gasteiger partial charge in [0.25, 0.3) is 0 Å². The molecule has 1 fully saturated rings. The van der Waals surface area contributed by atoms with Crippen LogP contribution >= 0.6 is 0 Å². The van der Waals surface area contributed by atoms with Crippen molar-refractivity contribution in [3.05, 3.63) is 0 Å². The van der Waals surface area contributed by atoms with E-state index in [1.165, 1.54) is 0 Å². The first-order chi connectivity index (χ1) is 8.10. The van der Waals surface area contributed by atoms with Crippen LogP contribution in [0.4, 0.5) is 0 Å². The summed E-state index contributed by atoms with van der Waals surface area (Å²) in [5, 5.41) is 8.93. The van der Waals surface area contributed by atoms with Crippen molar-refractivity contribution >= 4 is 11.9 Å². The Morgan fingerprint density at radius 1 is 1.24 bits per heavy atom. The van der Waals surface area contributed by atoms with Gasteiger partial charge in [-0.15, -0.1) is 0 Å². The van der Waals surface area contributed by atoms with Gasteiger partial charge in [0.15, 0.2) is 0 Å². The molecule has 1 amide bonds.